The van der Waals surface area contributed by atoms with Gasteiger partial charge >= 0.3 is 0 Å². The molecule has 0 bridgehead atoms. The van der Waals surface area contributed by atoms with Crippen molar-refractivity contribution >= 4 is 28.9 Å². The number of carbonyl (C=O) groups excluding carboxylic acids is 2. The summed E-state index contributed by atoms with van der Waals surface area (Å²) in [6, 6.07) is 11.5. The van der Waals surface area contributed by atoms with Gasteiger partial charge in [-0.25, -0.2) is 0 Å². The molecule has 1 aliphatic heterocycles. The molecule has 0 aromatic heterocycles. The van der Waals surface area contributed by atoms with Crippen LogP contribution >= 0.6 is 0 Å². The van der Waals surface area contributed by atoms with Crippen molar-refractivity contribution in [2.24, 2.45) is 0 Å². The number of rotatable bonds is 6. The molecule has 1 N–H and O–H groups in total. The third-order valence-electron chi connectivity index (χ3n) is 4.37. The maximum Gasteiger partial charge on any atom is 0.274 e. The number of anilines is 2. The second-order valence-electron chi connectivity index (χ2n) is 6.19. The van der Waals surface area contributed by atoms with E-state index < -0.39 is 10.8 Å². The molecule has 1 saturated heterocycles. The number of carbonyl (C=O) groups is 2. The maximum absolute atomic E-state index is 12.1. The van der Waals surface area contributed by atoms with Gasteiger partial charge in [-0.1, -0.05) is 6.07 Å². The lowest BCUT2D eigenvalue weighted by Crippen LogP contribution is -2.23. The van der Waals surface area contributed by atoms with Gasteiger partial charge in [0.1, 0.15) is 5.75 Å². The summed E-state index contributed by atoms with van der Waals surface area (Å²) in [5.41, 5.74) is 1.51. The summed E-state index contributed by atoms with van der Waals surface area (Å²) < 4.78 is 5.45. The van der Waals surface area contributed by atoms with E-state index in [0.717, 1.165) is 12.1 Å². The van der Waals surface area contributed by atoms with E-state index in [-0.39, 0.29) is 18.2 Å². The Morgan fingerprint density at radius 1 is 1.26 bits per heavy atom. The Morgan fingerprint density at radius 3 is 2.63 bits per heavy atom. The normalized spacial score (nSPS) is 13.5. The minimum Gasteiger partial charge on any atom is -0.484 e. The summed E-state index contributed by atoms with van der Waals surface area (Å²) in [7, 11) is 0. The van der Waals surface area contributed by atoms with Crippen molar-refractivity contribution in [3.63, 3.8) is 0 Å². The number of hydrogen-bond donors (Lipinski definition) is 1. The smallest absolute Gasteiger partial charge is 0.274 e. The Labute approximate surface area is 155 Å². The van der Waals surface area contributed by atoms with E-state index in [4.69, 9.17) is 4.74 Å². The molecule has 0 atom stereocenters. The quantitative estimate of drug-likeness (QED) is 0.623. The van der Waals surface area contributed by atoms with Gasteiger partial charge < -0.3 is 15.0 Å². The number of hydrogen-bond acceptors (Lipinski definition) is 5. The summed E-state index contributed by atoms with van der Waals surface area (Å²) >= 11 is 0. The molecular formula is C19H19N3O5. The molecule has 0 spiro atoms. The number of nitrogens with one attached hydrogen (secondary N) is 1. The summed E-state index contributed by atoms with van der Waals surface area (Å²) in [6.45, 7) is 2.06. The SMILES string of the molecule is Cc1c(NC(=O)COc2ccc(N3CCCC3=O)cc2)cccc1[N+](=O)[O-]. The number of nitrogens with zero attached hydrogens (tertiary/aromatic N) is 2. The van der Waals surface area contributed by atoms with Crippen LogP contribution in [-0.2, 0) is 9.59 Å². The molecule has 1 heterocycles. The van der Waals surface area contributed by atoms with Crippen molar-refractivity contribution in [3.05, 3.63) is 58.1 Å². The number of ether oxygens (including phenoxy) is 1. The van der Waals surface area contributed by atoms with Crippen LogP contribution in [0.5, 0.6) is 5.75 Å². The Kier molecular flexibility index (Phi) is 5.35. The van der Waals surface area contributed by atoms with E-state index in [1.165, 1.54) is 12.1 Å². The summed E-state index contributed by atoms with van der Waals surface area (Å²) in [5.74, 6) is 0.184. The van der Waals surface area contributed by atoms with Crippen molar-refractivity contribution in [2.75, 3.05) is 23.4 Å². The largest absolute Gasteiger partial charge is 0.484 e. The van der Waals surface area contributed by atoms with Crippen LogP contribution in [0.4, 0.5) is 17.1 Å². The van der Waals surface area contributed by atoms with Crippen LogP contribution < -0.4 is 15.0 Å². The van der Waals surface area contributed by atoms with Gasteiger partial charge in [-0.3, -0.25) is 19.7 Å². The van der Waals surface area contributed by atoms with Gasteiger partial charge in [-0.05, 0) is 43.7 Å². The number of amides is 2. The van der Waals surface area contributed by atoms with Crippen LogP contribution in [0.1, 0.15) is 18.4 Å². The van der Waals surface area contributed by atoms with Crippen LogP contribution in [0.2, 0.25) is 0 Å². The number of benzene rings is 2. The molecule has 2 amide bonds. The van der Waals surface area contributed by atoms with E-state index in [0.29, 0.717) is 30.0 Å². The highest BCUT2D eigenvalue weighted by Gasteiger charge is 2.21. The molecule has 8 nitrogen and oxygen atoms in total. The van der Waals surface area contributed by atoms with Crippen molar-refractivity contribution in [3.8, 4) is 5.75 Å². The van der Waals surface area contributed by atoms with Gasteiger partial charge in [0.15, 0.2) is 6.61 Å². The van der Waals surface area contributed by atoms with E-state index in [2.05, 4.69) is 5.32 Å². The summed E-state index contributed by atoms with van der Waals surface area (Å²) in [5, 5.41) is 13.6. The first kappa shape index (κ1) is 18.4. The van der Waals surface area contributed by atoms with Gasteiger partial charge in [-0.2, -0.15) is 0 Å². The zero-order valence-electron chi connectivity index (χ0n) is 14.8. The summed E-state index contributed by atoms with van der Waals surface area (Å²) in [6.07, 6.45) is 1.42. The molecule has 8 heteroatoms. The lowest BCUT2D eigenvalue weighted by Gasteiger charge is -2.16. The fourth-order valence-corrected chi connectivity index (χ4v) is 2.94. The van der Waals surface area contributed by atoms with Gasteiger partial charge in [0, 0.05) is 24.7 Å². The lowest BCUT2D eigenvalue weighted by atomic mass is 10.1. The minimum absolute atomic E-state index is 0.0548. The fourth-order valence-electron chi connectivity index (χ4n) is 2.94. The monoisotopic (exact) mass is 369 g/mol. The van der Waals surface area contributed by atoms with E-state index in [1.807, 2.05) is 0 Å². The predicted molar refractivity (Wildman–Crippen MR) is 100.0 cm³/mol. The highest BCUT2D eigenvalue weighted by molar-refractivity contribution is 5.95. The third kappa shape index (κ3) is 4.22. The molecule has 0 aliphatic carbocycles. The average Bonchev–Trinajstić information content (AvgIpc) is 3.08. The Morgan fingerprint density at radius 2 is 2.00 bits per heavy atom. The Hall–Kier alpha value is -3.42. The van der Waals surface area contributed by atoms with E-state index in [1.54, 1.807) is 42.2 Å². The highest BCUT2D eigenvalue weighted by atomic mass is 16.6. The first-order chi connectivity index (χ1) is 13.0. The molecule has 3 rings (SSSR count). The van der Waals surface area contributed by atoms with Crippen molar-refractivity contribution in [2.45, 2.75) is 19.8 Å². The van der Waals surface area contributed by atoms with Crippen LogP contribution in [0.15, 0.2) is 42.5 Å². The van der Waals surface area contributed by atoms with Crippen molar-refractivity contribution in [1.29, 1.82) is 0 Å². The zero-order valence-corrected chi connectivity index (χ0v) is 14.8. The first-order valence-electron chi connectivity index (χ1n) is 8.53. The lowest BCUT2D eigenvalue weighted by molar-refractivity contribution is -0.385. The Balaban J connectivity index is 1.57. The molecule has 27 heavy (non-hydrogen) atoms. The first-order valence-corrected chi connectivity index (χ1v) is 8.53. The fraction of sp³-hybridized carbons (Fsp3) is 0.263. The second kappa shape index (κ2) is 7.86. The predicted octanol–water partition coefficient (Wildman–Crippen LogP) is 3.05. The molecule has 0 unspecified atom stereocenters. The van der Waals surface area contributed by atoms with Gasteiger partial charge in [0.05, 0.1) is 16.2 Å². The van der Waals surface area contributed by atoms with Crippen LogP contribution in [0.25, 0.3) is 0 Å². The van der Waals surface area contributed by atoms with Crippen LogP contribution in [0, 0.1) is 17.0 Å². The summed E-state index contributed by atoms with van der Waals surface area (Å²) in [4.78, 5) is 36.0. The average molecular weight is 369 g/mol. The Bertz CT molecular complexity index is 879. The van der Waals surface area contributed by atoms with Crippen molar-refractivity contribution in [1.82, 2.24) is 0 Å². The maximum atomic E-state index is 12.1. The van der Waals surface area contributed by atoms with Gasteiger partial charge in [-0.15, -0.1) is 0 Å². The van der Waals surface area contributed by atoms with Gasteiger partial charge in [0.2, 0.25) is 5.91 Å². The third-order valence-corrected chi connectivity index (χ3v) is 4.37. The number of nitro groups is 1. The minimum atomic E-state index is -0.492. The second-order valence-corrected chi connectivity index (χ2v) is 6.19. The molecule has 0 saturated carbocycles. The van der Waals surface area contributed by atoms with Crippen LogP contribution in [0.3, 0.4) is 0 Å². The zero-order chi connectivity index (χ0) is 19.4. The van der Waals surface area contributed by atoms with Crippen molar-refractivity contribution < 1.29 is 19.2 Å². The highest BCUT2D eigenvalue weighted by Crippen LogP contribution is 2.26. The van der Waals surface area contributed by atoms with Crippen LogP contribution in [-0.4, -0.2) is 29.9 Å². The molecule has 140 valence electrons. The number of nitro benzene ring substituents is 1. The molecule has 2 aromatic carbocycles. The molecule has 0 radical (unpaired) electrons. The topological polar surface area (TPSA) is 102 Å². The standard InChI is InChI=1S/C19H19N3O5/c1-13-16(4-2-5-17(13)22(25)26)20-18(23)12-27-15-9-7-14(8-10-15)21-11-3-6-19(21)24/h2,4-5,7-10H,3,6,11-12H2,1H3,(H,20,23). The molecule has 1 fully saturated rings. The van der Waals surface area contributed by atoms with E-state index in [9.17, 15) is 19.7 Å². The molecule has 2 aromatic rings. The molecular weight excluding hydrogens is 350 g/mol. The molecule has 1 aliphatic rings. The van der Waals surface area contributed by atoms with Gasteiger partial charge in [0.25, 0.3) is 11.6 Å². The van der Waals surface area contributed by atoms with E-state index >= 15 is 0 Å².